The van der Waals surface area contributed by atoms with Crippen LogP contribution in [-0.4, -0.2) is 22.7 Å². The van der Waals surface area contributed by atoms with E-state index in [4.69, 9.17) is 39.5 Å². The third-order valence-electron chi connectivity index (χ3n) is 3.84. The average Bonchev–Trinajstić information content (AvgIpc) is 2.90. The van der Waals surface area contributed by atoms with Gasteiger partial charge in [-0.05, 0) is 29.8 Å². The van der Waals surface area contributed by atoms with Crippen LogP contribution >= 0.6 is 34.8 Å². The highest BCUT2D eigenvalue weighted by molar-refractivity contribution is 6.40. The topological polar surface area (TPSA) is 63.7 Å². The summed E-state index contributed by atoms with van der Waals surface area (Å²) in [7, 11) is 0. The summed E-state index contributed by atoms with van der Waals surface area (Å²) in [6.07, 6.45) is 0.484. The van der Waals surface area contributed by atoms with Gasteiger partial charge in [-0.1, -0.05) is 46.9 Å². The van der Waals surface area contributed by atoms with Crippen LogP contribution in [0.15, 0.2) is 36.4 Å². The minimum atomic E-state index is -0.643. The third-order valence-corrected chi connectivity index (χ3v) is 4.62. The summed E-state index contributed by atoms with van der Waals surface area (Å²) in [6, 6.07) is 9.23. The predicted molar refractivity (Wildman–Crippen MR) is 97.7 cm³/mol. The van der Waals surface area contributed by atoms with Gasteiger partial charge in [0.05, 0.1) is 22.2 Å². The van der Waals surface area contributed by atoms with Crippen LogP contribution in [0.4, 0.5) is 0 Å². The number of ether oxygens (including phenoxy) is 1. The molecule has 2 amide bonds. The Morgan fingerprint density at radius 2 is 1.50 bits per heavy atom. The highest BCUT2D eigenvalue weighted by Crippen LogP contribution is 2.36. The molecular formula is C18H12Cl3NO4. The zero-order valence-corrected chi connectivity index (χ0v) is 15.6. The molecule has 1 saturated heterocycles. The van der Waals surface area contributed by atoms with Gasteiger partial charge in [-0.25, -0.2) is 4.79 Å². The van der Waals surface area contributed by atoms with Gasteiger partial charge < -0.3 is 4.74 Å². The Labute approximate surface area is 164 Å². The maximum Gasteiger partial charge on any atom is 0.343 e. The van der Waals surface area contributed by atoms with Gasteiger partial charge in [-0.15, -0.1) is 0 Å². The zero-order valence-electron chi connectivity index (χ0n) is 13.3. The number of carbonyl (C=O) groups excluding carboxylic acids is 3. The third kappa shape index (κ3) is 4.01. The number of benzene rings is 2. The first kappa shape index (κ1) is 18.7. The van der Waals surface area contributed by atoms with E-state index in [1.807, 2.05) is 0 Å². The Morgan fingerprint density at radius 3 is 2.04 bits per heavy atom. The number of imide groups is 1. The maximum atomic E-state index is 12.3. The van der Waals surface area contributed by atoms with Crippen molar-refractivity contribution in [1.82, 2.24) is 4.90 Å². The van der Waals surface area contributed by atoms with Gasteiger partial charge in [-0.3, -0.25) is 14.5 Å². The fourth-order valence-corrected chi connectivity index (χ4v) is 3.40. The molecule has 0 aliphatic carbocycles. The lowest BCUT2D eigenvalue weighted by atomic mass is 10.1. The summed E-state index contributed by atoms with van der Waals surface area (Å²) >= 11 is 17.8. The Bertz CT molecular complexity index is 857. The summed E-state index contributed by atoms with van der Waals surface area (Å²) < 4.78 is 5.24. The van der Waals surface area contributed by atoms with Crippen LogP contribution in [0.2, 0.25) is 15.1 Å². The van der Waals surface area contributed by atoms with Crippen LogP contribution in [-0.2, 0) is 16.1 Å². The van der Waals surface area contributed by atoms with E-state index in [9.17, 15) is 14.4 Å². The van der Waals surface area contributed by atoms with Crippen molar-refractivity contribution in [3.8, 4) is 5.75 Å². The van der Waals surface area contributed by atoms with Crippen molar-refractivity contribution < 1.29 is 19.1 Å². The molecule has 1 aliphatic heterocycles. The van der Waals surface area contributed by atoms with Gasteiger partial charge in [0.1, 0.15) is 0 Å². The molecule has 0 N–H and O–H groups in total. The molecule has 1 heterocycles. The summed E-state index contributed by atoms with van der Waals surface area (Å²) in [4.78, 5) is 36.8. The second kappa shape index (κ2) is 7.66. The van der Waals surface area contributed by atoms with Crippen molar-refractivity contribution in [2.24, 2.45) is 0 Å². The highest BCUT2D eigenvalue weighted by atomic mass is 35.5. The van der Waals surface area contributed by atoms with E-state index in [2.05, 4.69) is 0 Å². The Morgan fingerprint density at radius 1 is 0.962 bits per heavy atom. The standard InChI is InChI=1S/C18H12Cl3NO4/c19-12-7-13(20)17(14(21)8-12)26-18(25)11-3-1-10(2-4-11)9-22-15(23)5-6-16(22)24/h1-4,7-8H,5-6,9H2. The monoisotopic (exact) mass is 411 g/mol. The normalized spacial score (nSPS) is 14.0. The van der Waals surface area contributed by atoms with Gasteiger partial charge in [-0.2, -0.15) is 0 Å². The molecule has 1 fully saturated rings. The lowest BCUT2D eigenvalue weighted by Crippen LogP contribution is -2.28. The van der Waals surface area contributed by atoms with Gasteiger partial charge in [0.15, 0.2) is 5.75 Å². The number of carbonyl (C=O) groups is 3. The number of hydrogen-bond acceptors (Lipinski definition) is 4. The molecular weight excluding hydrogens is 401 g/mol. The van der Waals surface area contributed by atoms with Crippen molar-refractivity contribution in [3.63, 3.8) is 0 Å². The molecule has 134 valence electrons. The largest absolute Gasteiger partial charge is 0.420 e. The predicted octanol–water partition coefficient (Wildman–Crippen LogP) is 4.52. The number of rotatable bonds is 4. The van der Waals surface area contributed by atoms with Crippen LogP contribution in [0.5, 0.6) is 5.75 Å². The zero-order chi connectivity index (χ0) is 18.8. The van der Waals surface area contributed by atoms with E-state index in [0.29, 0.717) is 5.02 Å². The van der Waals surface area contributed by atoms with Crippen LogP contribution < -0.4 is 4.74 Å². The summed E-state index contributed by atoms with van der Waals surface area (Å²) in [5.41, 5.74) is 1.00. The minimum absolute atomic E-state index is 0.0278. The van der Waals surface area contributed by atoms with Gasteiger partial charge in [0.2, 0.25) is 11.8 Å². The van der Waals surface area contributed by atoms with Crippen LogP contribution in [0.3, 0.4) is 0 Å². The van der Waals surface area contributed by atoms with Gasteiger partial charge in [0.25, 0.3) is 0 Å². The fourth-order valence-electron chi connectivity index (χ4n) is 2.51. The lowest BCUT2D eigenvalue weighted by Gasteiger charge is -2.14. The second-order valence-corrected chi connectivity index (χ2v) is 6.91. The number of halogens is 3. The molecule has 5 nitrogen and oxygen atoms in total. The molecule has 0 bridgehead atoms. The Kier molecular flexibility index (Phi) is 5.51. The lowest BCUT2D eigenvalue weighted by molar-refractivity contribution is -0.139. The van der Waals surface area contributed by atoms with Crippen molar-refractivity contribution in [2.45, 2.75) is 19.4 Å². The number of nitrogens with zero attached hydrogens (tertiary/aromatic N) is 1. The van der Waals surface area contributed by atoms with E-state index < -0.39 is 5.97 Å². The van der Waals surface area contributed by atoms with Crippen molar-refractivity contribution in [1.29, 1.82) is 0 Å². The molecule has 0 atom stereocenters. The van der Waals surface area contributed by atoms with E-state index in [-0.39, 0.29) is 52.6 Å². The number of amides is 2. The SMILES string of the molecule is O=C(Oc1c(Cl)cc(Cl)cc1Cl)c1ccc(CN2C(=O)CCC2=O)cc1. The molecule has 26 heavy (non-hydrogen) atoms. The molecule has 1 aliphatic rings. The quantitative estimate of drug-likeness (QED) is 0.421. The smallest absolute Gasteiger partial charge is 0.343 e. The Balaban J connectivity index is 1.71. The average molecular weight is 413 g/mol. The van der Waals surface area contributed by atoms with Gasteiger partial charge in [0, 0.05) is 17.9 Å². The fraction of sp³-hybridized carbons (Fsp3) is 0.167. The number of hydrogen-bond donors (Lipinski definition) is 0. The molecule has 3 rings (SSSR count). The maximum absolute atomic E-state index is 12.3. The van der Waals surface area contributed by atoms with Crippen molar-refractivity contribution >= 4 is 52.6 Å². The van der Waals surface area contributed by atoms with E-state index in [1.54, 1.807) is 24.3 Å². The molecule has 2 aromatic carbocycles. The van der Waals surface area contributed by atoms with Gasteiger partial charge >= 0.3 is 5.97 Å². The molecule has 0 unspecified atom stereocenters. The van der Waals surface area contributed by atoms with Crippen LogP contribution in [0.25, 0.3) is 0 Å². The molecule has 0 radical (unpaired) electrons. The van der Waals surface area contributed by atoms with E-state index in [0.717, 1.165) is 5.56 Å². The summed E-state index contributed by atoms with van der Waals surface area (Å²) in [6.45, 7) is 0.182. The first-order valence-electron chi connectivity index (χ1n) is 7.64. The number of esters is 1. The first-order valence-corrected chi connectivity index (χ1v) is 8.77. The molecule has 0 spiro atoms. The van der Waals surface area contributed by atoms with E-state index in [1.165, 1.54) is 17.0 Å². The van der Waals surface area contributed by atoms with Crippen LogP contribution in [0.1, 0.15) is 28.8 Å². The highest BCUT2D eigenvalue weighted by Gasteiger charge is 2.28. The van der Waals surface area contributed by atoms with Crippen molar-refractivity contribution in [3.05, 3.63) is 62.6 Å². The van der Waals surface area contributed by atoms with Crippen molar-refractivity contribution in [2.75, 3.05) is 0 Å². The molecule has 2 aromatic rings. The number of likely N-dealkylation sites (tertiary alicyclic amines) is 1. The minimum Gasteiger partial charge on any atom is -0.420 e. The summed E-state index contributed by atoms with van der Waals surface area (Å²) in [5, 5.41) is 0.576. The van der Waals surface area contributed by atoms with E-state index >= 15 is 0 Å². The van der Waals surface area contributed by atoms with Crippen LogP contribution in [0, 0.1) is 0 Å². The molecule has 8 heteroatoms. The first-order chi connectivity index (χ1) is 12.3. The second-order valence-electron chi connectivity index (χ2n) is 5.66. The molecule has 0 aromatic heterocycles. The molecule has 0 saturated carbocycles. The summed E-state index contributed by atoms with van der Waals surface area (Å²) in [5.74, 6) is -0.993. The Hall–Kier alpha value is -2.08.